The van der Waals surface area contributed by atoms with Gasteiger partial charge in [0.05, 0.1) is 0 Å². The topological polar surface area (TPSA) is 82.7 Å². The summed E-state index contributed by atoms with van der Waals surface area (Å²) < 4.78 is 37.1. The summed E-state index contributed by atoms with van der Waals surface area (Å²) in [4.78, 5) is 15.7. The molecule has 0 aliphatic rings. The third-order valence-corrected chi connectivity index (χ3v) is 2.81. The van der Waals surface area contributed by atoms with Crippen LogP contribution in [-0.4, -0.2) is 33.4 Å². The Bertz CT molecular complexity index is 668. The second kappa shape index (κ2) is 6.04. The third kappa shape index (κ3) is 3.96. The summed E-state index contributed by atoms with van der Waals surface area (Å²) in [5.41, 5.74) is 0.970. The van der Waals surface area contributed by atoms with Crippen molar-refractivity contribution in [3.05, 3.63) is 30.1 Å². The van der Waals surface area contributed by atoms with Crippen LogP contribution in [-0.2, 0) is 0 Å². The van der Waals surface area contributed by atoms with E-state index in [0.29, 0.717) is 22.9 Å². The van der Waals surface area contributed by atoms with Crippen molar-refractivity contribution in [3.8, 4) is 11.4 Å². The van der Waals surface area contributed by atoms with Crippen LogP contribution in [0, 0.1) is 6.92 Å². The Morgan fingerprint density at radius 1 is 1.36 bits per heavy atom. The van der Waals surface area contributed by atoms with Gasteiger partial charge in [-0.3, -0.25) is 5.10 Å². The van der Waals surface area contributed by atoms with Crippen molar-refractivity contribution < 1.29 is 18.0 Å². The molecule has 0 saturated carbocycles. The number of aryl methyl sites for hydroxylation is 1. The average Bonchev–Trinajstić information content (AvgIpc) is 2.84. The maximum atomic E-state index is 12.4. The molecule has 0 bridgehead atoms. The first kappa shape index (κ1) is 15.8. The number of nitrogens with one attached hydrogen (secondary N) is 3. The number of amides is 2. The summed E-state index contributed by atoms with van der Waals surface area (Å²) in [6.07, 6.45) is -4.49. The molecule has 0 spiro atoms. The van der Waals surface area contributed by atoms with Crippen LogP contribution in [0.2, 0.25) is 0 Å². The molecule has 1 heterocycles. The van der Waals surface area contributed by atoms with Crippen molar-refractivity contribution in [2.75, 3.05) is 5.32 Å². The van der Waals surface area contributed by atoms with E-state index in [-0.39, 0.29) is 0 Å². The third-order valence-electron chi connectivity index (χ3n) is 2.81. The van der Waals surface area contributed by atoms with E-state index >= 15 is 0 Å². The molecule has 1 atom stereocenters. The Morgan fingerprint density at radius 2 is 2.09 bits per heavy atom. The molecule has 1 aromatic carbocycles. The van der Waals surface area contributed by atoms with Gasteiger partial charge in [0, 0.05) is 11.3 Å². The number of rotatable bonds is 3. The molecule has 0 saturated heterocycles. The van der Waals surface area contributed by atoms with E-state index in [1.807, 2.05) is 5.32 Å². The lowest BCUT2D eigenvalue weighted by Gasteiger charge is -2.17. The Balaban J connectivity index is 2.06. The fourth-order valence-corrected chi connectivity index (χ4v) is 1.65. The number of hydrogen-bond acceptors (Lipinski definition) is 3. The van der Waals surface area contributed by atoms with Crippen LogP contribution in [0.5, 0.6) is 0 Å². The molecule has 2 amide bonds. The minimum atomic E-state index is -4.49. The summed E-state index contributed by atoms with van der Waals surface area (Å²) >= 11 is 0. The monoisotopic (exact) mass is 313 g/mol. The molecule has 22 heavy (non-hydrogen) atoms. The number of anilines is 1. The maximum Gasteiger partial charge on any atom is 0.408 e. The zero-order valence-electron chi connectivity index (χ0n) is 11.8. The Kier molecular flexibility index (Phi) is 4.34. The predicted molar refractivity (Wildman–Crippen MR) is 74.2 cm³/mol. The van der Waals surface area contributed by atoms with Gasteiger partial charge in [-0.05, 0) is 26.0 Å². The number of aromatic nitrogens is 3. The van der Waals surface area contributed by atoms with E-state index in [2.05, 4.69) is 20.5 Å². The molecule has 0 radical (unpaired) electrons. The summed E-state index contributed by atoms with van der Waals surface area (Å²) in [7, 11) is 0. The van der Waals surface area contributed by atoms with Crippen LogP contribution in [0.4, 0.5) is 23.7 Å². The number of nitrogens with zero attached hydrogens (tertiary/aromatic N) is 2. The van der Waals surface area contributed by atoms with Gasteiger partial charge in [-0.1, -0.05) is 12.1 Å². The van der Waals surface area contributed by atoms with Crippen LogP contribution < -0.4 is 10.6 Å². The standard InChI is InChI=1S/C13H14F3N5O/c1-7(13(14,15)16)17-12(22)19-10-5-3-4-9(6-10)11-18-8(2)20-21-11/h3-7H,1-2H3,(H2,17,19,22)(H,18,20,21)/t7-/m0/s1. The Morgan fingerprint density at radius 3 is 2.68 bits per heavy atom. The van der Waals surface area contributed by atoms with Gasteiger partial charge in [-0.15, -0.1) is 0 Å². The number of halogens is 3. The van der Waals surface area contributed by atoms with Gasteiger partial charge in [0.1, 0.15) is 11.9 Å². The number of aromatic amines is 1. The van der Waals surface area contributed by atoms with E-state index in [0.717, 1.165) is 6.92 Å². The first-order valence-electron chi connectivity index (χ1n) is 6.39. The lowest BCUT2D eigenvalue weighted by atomic mass is 10.2. The summed E-state index contributed by atoms with van der Waals surface area (Å²) in [5.74, 6) is 1.07. The average molecular weight is 313 g/mol. The molecular weight excluding hydrogens is 299 g/mol. The molecular formula is C13H14F3N5O. The number of carbonyl (C=O) groups excluding carboxylic acids is 1. The Hall–Kier alpha value is -2.58. The van der Waals surface area contributed by atoms with E-state index in [1.165, 1.54) is 0 Å². The number of carbonyl (C=O) groups is 1. The van der Waals surface area contributed by atoms with E-state index < -0.39 is 18.2 Å². The Labute approximate surface area is 124 Å². The molecule has 9 heteroatoms. The zero-order valence-corrected chi connectivity index (χ0v) is 11.8. The highest BCUT2D eigenvalue weighted by Crippen LogP contribution is 2.21. The minimum Gasteiger partial charge on any atom is -0.326 e. The number of urea groups is 1. The zero-order chi connectivity index (χ0) is 16.3. The molecule has 0 fully saturated rings. The van der Waals surface area contributed by atoms with Gasteiger partial charge < -0.3 is 10.6 Å². The number of benzene rings is 1. The number of alkyl halides is 3. The van der Waals surface area contributed by atoms with Crippen LogP contribution in [0.25, 0.3) is 11.4 Å². The van der Waals surface area contributed by atoms with Gasteiger partial charge in [-0.2, -0.15) is 18.3 Å². The maximum absolute atomic E-state index is 12.4. The molecule has 3 N–H and O–H groups in total. The second-order valence-corrected chi connectivity index (χ2v) is 4.69. The highest BCUT2D eigenvalue weighted by molar-refractivity contribution is 5.90. The predicted octanol–water partition coefficient (Wildman–Crippen LogP) is 2.85. The van der Waals surface area contributed by atoms with E-state index in [1.54, 1.807) is 31.2 Å². The fraction of sp³-hybridized carbons (Fsp3) is 0.308. The van der Waals surface area contributed by atoms with Gasteiger partial charge in [0.25, 0.3) is 0 Å². The first-order chi connectivity index (χ1) is 10.3. The highest BCUT2D eigenvalue weighted by atomic mass is 19.4. The number of H-pyrrole nitrogens is 1. The molecule has 0 aliphatic carbocycles. The molecule has 0 unspecified atom stereocenters. The smallest absolute Gasteiger partial charge is 0.326 e. The van der Waals surface area contributed by atoms with Crippen LogP contribution in [0.15, 0.2) is 24.3 Å². The van der Waals surface area contributed by atoms with Gasteiger partial charge in [-0.25, -0.2) is 9.78 Å². The molecule has 118 valence electrons. The lowest BCUT2D eigenvalue weighted by Crippen LogP contribution is -2.44. The first-order valence-corrected chi connectivity index (χ1v) is 6.39. The molecule has 1 aromatic heterocycles. The van der Waals surface area contributed by atoms with Gasteiger partial charge in [0.2, 0.25) is 0 Å². The molecule has 2 rings (SSSR count). The van der Waals surface area contributed by atoms with Crippen molar-refractivity contribution in [2.45, 2.75) is 26.1 Å². The molecule has 0 aliphatic heterocycles. The van der Waals surface area contributed by atoms with Crippen LogP contribution in [0.3, 0.4) is 0 Å². The molecule has 2 aromatic rings. The summed E-state index contributed by atoms with van der Waals surface area (Å²) in [6.45, 7) is 2.61. The van der Waals surface area contributed by atoms with Crippen molar-refractivity contribution in [3.63, 3.8) is 0 Å². The lowest BCUT2D eigenvalue weighted by molar-refractivity contribution is -0.148. The SMILES string of the molecule is Cc1nc(-c2cccc(NC(=O)N[C@@H](C)C(F)(F)F)c2)n[nH]1. The van der Waals surface area contributed by atoms with Crippen molar-refractivity contribution in [2.24, 2.45) is 0 Å². The van der Waals surface area contributed by atoms with Crippen molar-refractivity contribution in [1.82, 2.24) is 20.5 Å². The van der Waals surface area contributed by atoms with E-state index in [4.69, 9.17) is 0 Å². The van der Waals surface area contributed by atoms with Crippen LogP contribution >= 0.6 is 0 Å². The highest BCUT2D eigenvalue weighted by Gasteiger charge is 2.36. The largest absolute Gasteiger partial charge is 0.408 e. The van der Waals surface area contributed by atoms with Gasteiger partial charge >= 0.3 is 12.2 Å². The van der Waals surface area contributed by atoms with Crippen LogP contribution in [0.1, 0.15) is 12.7 Å². The second-order valence-electron chi connectivity index (χ2n) is 4.69. The quantitative estimate of drug-likeness (QED) is 0.815. The van der Waals surface area contributed by atoms with Gasteiger partial charge in [0.15, 0.2) is 5.82 Å². The van der Waals surface area contributed by atoms with E-state index in [9.17, 15) is 18.0 Å². The fourth-order valence-electron chi connectivity index (χ4n) is 1.65. The van der Waals surface area contributed by atoms with Crippen molar-refractivity contribution in [1.29, 1.82) is 0 Å². The number of hydrogen-bond donors (Lipinski definition) is 3. The normalized spacial score (nSPS) is 12.8. The minimum absolute atomic E-state index is 0.340. The molecule has 6 nitrogen and oxygen atoms in total. The summed E-state index contributed by atoms with van der Waals surface area (Å²) in [5, 5.41) is 10.8. The summed E-state index contributed by atoms with van der Waals surface area (Å²) in [6, 6.07) is 3.62. The van der Waals surface area contributed by atoms with Crippen molar-refractivity contribution >= 4 is 11.7 Å².